The maximum absolute atomic E-state index is 12.1. The number of carbonyl (C=O) groups excluding carboxylic acids is 2. The second-order valence-corrected chi connectivity index (χ2v) is 4.70. The molecule has 0 unspecified atom stereocenters. The molecule has 0 saturated carbocycles. The standard InChI is InChI=1S/C15H22N2O2/c1-11-4-5-12(2)13(10-11)14(18)6-7-15(19)17-9-8-16-3/h4-5,10,16H,6-9H2,1-3H3,(H,17,19). The van der Waals surface area contributed by atoms with Crippen LogP contribution < -0.4 is 10.6 Å². The lowest BCUT2D eigenvalue weighted by Gasteiger charge is -2.07. The second-order valence-electron chi connectivity index (χ2n) is 4.70. The fourth-order valence-corrected chi connectivity index (χ4v) is 1.81. The van der Waals surface area contributed by atoms with Gasteiger partial charge in [0, 0.05) is 31.5 Å². The normalized spacial score (nSPS) is 10.3. The van der Waals surface area contributed by atoms with Crippen LogP contribution in [0.5, 0.6) is 0 Å². The molecule has 19 heavy (non-hydrogen) atoms. The maximum Gasteiger partial charge on any atom is 0.220 e. The number of benzene rings is 1. The Morgan fingerprint density at radius 2 is 1.84 bits per heavy atom. The molecule has 4 nitrogen and oxygen atoms in total. The van der Waals surface area contributed by atoms with Crippen LogP contribution in [-0.4, -0.2) is 31.8 Å². The van der Waals surface area contributed by atoms with Crippen LogP contribution in [0.2, 0.25) is 0 Å². The minimum absolute atomic E-state index is 0.0324. The summed E-state index contributed by atoms with van der Waals surface area (Å²) >= 11 is 0. The molecule has 0 aromatic heterocycles. The molecule has 0 aliphatic heterocycles. The minimum atomic E-state index is -0.0751. The molecule has 0 heterocycles. The van der Waals surface area contributed by atoms with Gasteiger partial charge in [0.15, 0.2) is 5.78 Å². The van der Waals surface area contributed by atoms with Crippen LogP contribution in [0.1, 0.15) is 34.3 Å². The Kier molecular flexibility index (Phi) is 6.22. The molecule has 0 bridgehead atoms. The van der Waals surface area contributed by atoms with Gasteiger partial charge in [0.05, 0.1) is 0 Å². The number of ketones is 1. The number of aryl methyl sites for hydroxylation is 2. The molecule has 1 amide bonds. The summed E-state index contributed by atoms with van der Waals surface area (Å²) in [6.45, 7) is 5.20. The lowest BCUT2D eigenvalue weighted by atomic mass is 9.99. The monoisotopic (exact) mass is 262 g/mol. The van der Waals surface area contributed by atoms with Crippen molar-refractivity contribution in [3.05, 3.63) is 34.9 Å². The molecule has 1 aromatic rings. The van der Waals surface area contributed by atoms with Crippen LogP contribution in [0.4, 0.5) is 0 Å². The van der Waals surface area contributed by atoms with Gasteiger partial charge >= 0.3 is 0 Å². The number of rotatable bonds is 7. The van der Waals surface area contributed by atoms with Crippen molar-refractivity contribution in [3.63, 3.8) is 0 Å². The summed E-state index contributed by atoms with van der Waals surface area (Å²) in [4.78, 5) is 23.6. The molecule has 1 aromatic carbocycles. The van der Waals surface area contributed by atoms with Gasteiger partial charge < -0.3 is 10.6 Å². The van der Waals surface area contributed by atoms with Gasteiger partial charge in [-0.05, 0) is 32.5 Å². The maximum atomic E-state index is 12.1. The third-order valence-corrected chi connectivity index (χ3v) is 2.97. The SMILES string of the molecule is CNCCNC(=O)CCC(=O)c1cc(C)ccc1C. The molecule has 0 spiro atoms. The zero-order chi connectivity index (χ0) is 14.3. The van der Waals surface area contributed by atoms with E-state index >= 15 is 0 Å². The van der Waals surface area contributed by atoms with Crippen molar-refractivity contribution in [1.82, 2.24) is 10.6 Å². The van der Waals surface area contributed by atoms with Crippen molar-refractivity contribution in [1.29, 1.82) is 0 Å². The zero-order valence-corrected chi connectivity index (χ0v) is 11.9. The molecule has 0 atom stereocenters. The van der Waals surface area contributed by atoms with E-state index in [2.05, 4.69) is 10.6 Å². The predicted molar refractivity (Wildman–Crippen MR) is 76.4 cm³/mol. The third-order valence-electron chi connectivity index (χ3n) is 2.97. The fourth-order valence-electron chi connectivity index (χ4n) is 1.81. The van der Waals surface area contributed by atoms with Crippen LogP contribution in [-0.2, 0) is 4.79 Å². The molecule has 104 valence electrons. The number of amides is 1. The summed E-state index contributed by atoms with van der Waals surface area (Å²) in [5.41, 5.74) is 2.75. The van der Waals surface area contributed by atoms with Crippen LogP contribution in [0, 0.1) is 13.8 Å². The summed E-state index contributed by atoms with van der Waals surface area (Å²) in [6, 6.07) is 5.81. The average Bonchev–Trinajstić information content (AvgIpc) is 2.39. The van der Waals surface area contributed by atoms with Gasteiger partial charge in [0.25, 0.3) is 0 Å². The zero-order valence-electron chi connectivity index (χ0n) is 11.9. The first-order chi connectivity index (χ1) is 9.04. The number of hydrogen-bond donors (Lipinski definition) is 2. The van der Waals surface area contributed by atoms with Gasteiger partial charge in [-0.3, -0.25) is 9.59 Å². The van der Waals surface area contributed by atoms with E-state index < -0.39 is 0 Å². The van der Waals surface area contributed by atoms with E-state index in [1.165, 1.54) is 0 Å². The molecular formula is C15H22N2O2. The topological polar surface area (TPSA) is 58.2 Å². The quantitative estimate of drug-likeness (QED) is 0.579. The van der Waals surface area contributed by atoms with E-state index in [9.17, 15) is 9.59 Å². The van der Waals surface area contributed by atoms with Crippen molar-refractivity contribution >= 4 is 11.7 Å². The van der Waals surface area contributed by atoms with Crippen molar-refractivity contribution in [3.8, 4) is 0 Å². The van der Waals surface area contributed by atoms with Crippen molar-refractivity contribution in [2.75, 3.05) is 20.1 Å². The number of nitrogens with one attached hydrogen (secondary N) is 2. The average molecular weight is 262 g/mol. The Labute approximate surface area is 114 Å². The van der Waals surface area contributed by atoms with Crippen molar-refractivity contribution < 1.29 is 9.59 Å². The van der Waals surface area contributed by atoms with E-state index in [-0.39, 0.29) is 24.5 Å². The molecule has 0 radical (unpaired) electrons. The Hall–Kier alpha value is -1.68. The van der Waals surface area contributed by atoms with Crippen molar-refractivity contribution in [2.45, 2.75) is 26.7 Å². The summed E-state index contributed by atoms with van der Waals surface area (Å²) in [6.07, 6.45) is 0.506. The van der Waals surface area contributed by atoms with Gasteiger partial charge in [-0.15, -0.1) is 0 Å². The Bertz CT molecular complexity index is 455. The largest absolute Gasteiger partial charge is 0.355 e. The number of Topliss-reactive ketones (excluding diaryl/α,β-unsaturated/α-hetero) is 1. The minimum Gasteiger partial charge on any atom is -0.355 e. The van der Waals surface area contributed by atoms with E-state index in [0.717, 1.165) is 23.2 Å². The Morgan fingerprint density at radius 1 is 1.11 bits per heavy atom. The Morgan fingerprint density at radius 3 is 2.53 bits per heavy atom. The van der Waals surface area contributed by atoms with Crippen LogP contribution in [0.3, 0.4) is 0 Å². The van der Waals surface area contributed by atoms with Gasteiger partial charge in [-0.1, -0.05) is 17.7 Å². The lowest BCUT2D eigenvalue weighted by Crippen LogP contribution is -2.30. The summed E-state index contributed by atoms with van der Waals surface area (Å²) in [5.74, 6) is -0.0427. The smallest absolute Gasteiger partial charge is 0.220 e. The summed E-state index contributed by atoms with van der Waals surface area (Å²) in [7, 11) is 1.83. The van der Waals surface area contributed by atoms with Gasteiger partial charge in [0.2, 0.25) is 5.91 Å². The number of hydrogen-bond acceptors (Lipinski definition) is 3. The molecule has 0 aliphatic rings. The van der Waals surface area contributed by atoms with E-state index in [4.69, 9.17) is 0 Å². The fraction of sp³-hybridized carbons (Fsp3) is 0.467. The van der Waals surface area contributed by atoms with E-state index in [0.29, 0.717) is 6.54 Å². The van der Waals surface area contributed by atoms with Crippen LogP contribution in [0.25, 0.3) is 0 Å². The lowest BCUT2D eigenvalue weighted by molar-refractivity contribution is -0.121. The summed E-state index contributed by atoms with van der Waals surface area (Å²) in [5, 5.41) is 5.71. The molecule has 0 aliphatic carbocycles. The Balaban J connectivity index is 2.47. The number of carbonyl (C=O) groups is 2. The van der Waals surface area contributed by atoms with Gasteiger partial charge in [-0.2, -0.15) is 0 Å². The van der Waals surface area contributed by atoms with Gasteiger partial charge in [-0.25, -0.2) is 0 Å². The third kappa shape index (κ3) is 5.22. The molecule has 1 rings (SSSR count). The second kappa shape index (κ2) is 7.69. The van der Waals surface area contributed by atoms with Crippen molar-refractivity contribution in [2.24, 2.45) is 0 Å². The van der Waals surface area contributed by atoms with Crippen LogP contribution >= 0.6 is 0 Å². The molecule has 0 saturated heterocycles. The molecule has 2 N–H and O–H groups in total. The van der Waals surface area contributed by atoms with E-state index in [1.807, 2.05) is 39.1 Å². The van der Waals surface area contributed by atoms with E-state index in [1.54, 1.807) is 0 Å². The van der Waals surface area contributed by atoms with Crippen LogP contribution in [0.15, 0.2) is 18.2 Å². The molecule has 4 heteroatoms. The highest BCUT2D eigenvalue weighted by Crippen LogP contribution is 2.13. The summed E-state index contributed by atoms with van der Waals surface area (Å²) < 4.78 is 0. The first-order valence-electron chi connectivity index (χ1n) is 6.56. The highest BCUT2D eigenvalue weighted by atomic mass is 16.2. The first-order valence-corrected chi connectivity index (χ1v) is 6.56. The molecule has 0 fully saturated rings. The number of likely N-dealkylation sites (N-methyl/N-ethyl adjacent to an activating group) is 1. The first kappa shape index (κ1) is 15.4. The molecular weight excluding hydrogens is 240 g/mol. The highest BCUT2D eigenvalue weighted by molar-refractivity contribution is 5.99. The predicted octanol–water partition coefficient (Wildman–Crippen LogP) is 1.60. The van der Waals surface area contributed by atoms with Gasteiger partial charge in [0.1, 0.15) is 0 Å². The highest BCUT2D eigenvalue weighted by Gasteiger charge is 2.11.